The topological polar surface area (TPSA) is 86.8 Å². The first kappa shape index (κ1) is 32.7. The third-order valence-electron chi connectivity index (χ3n) is 6.58. The molecule has 2 amide bonds. The average Bonchev–Trinajstić information content (AvgIpc) is 2.91. The van der Waals surface area contributed by atoms with E-state index >= 15 is 0 Å². The Morgan fingerprint density at radius 3 is 2.24 bits per heavy atom. The molecule has 0 fully saturated rings. The van der Waals surface area contributed by atoms with Crippen molar-refractivity contribution in [2.45, 2.75) is 45.7 Å². The largest absolute Gasteiger partial charge is 0.354 e. The van der Waals surface area contributed by atoms with Gasteiger partial charge in [0.05, 0.1) is 11.9 Å². The van der Waals surface area contributed by atoms with E-state index in [4.69, 9.17) is 34.8 Å². The lowest BCUT2D eigenvalue weighted by atomic mass is 10.0. The number of rotatable bonds is 13. The van der Waals surface area contributed by atoms with E-state index in [1.54, 1.807) is 37.3 Å². The molecule has 0 aliphatic heterocycles. The zero-order chi connectivity index (χ0) is 30.2. The van der Waals surface area contributed by atoms with Gasteiger partial charge in [-0.05, 0) is 54.3 Å². The summed E-state index contributed by atoms with van der Waals surface area (Å²) in [7, 11) is -3.91. The minimum atomic E-state index is -3.91. The number of sulfonamides is 1. The van der Waals surface area contributed by atoms with Crippen molar-refractivity contribution in [1.82, 2.24) is 10.2 Å². The van der Waals surface area contributed by atoms with Crippen molar-refractivity contribution in [3.63, 3.8) is 0 Å². The number of carbonyl (C=O) groups is 2. The summed E-state index contributed by atoms with van der Waals surface area (Å²) < 4.78 is 27.0. The maximum absolute atomic E-state index is 14.2. The minimum absolute atomic E-state index is 0.0420. The molecule has 1 unspecified atom stereocenters. The molecule has 0 aromatic heterocycles. The van der Waals surface area contributed by atoms with Gasteiger partial charge in [-0.15, -0.1) is 0 Å². The molecule has 0 saturated carbocycles. The van der Waals surface area contributed by atoms with Crippen LogP contribution in [-0.2, 0) is 32.6 Å². The zero-order valence-electron chi connectivity index (χ0n) is 23.2. The molecule has 1 N–H and O–H groups in total. The van der Waals surface area contributed by atoms with Gasteiger partial charge in [0, 0.05) is 34.6 Å². The van der Waals surface area contributed by atoms with E-state index in [0.29, 0.717) is 32.7 Å². The van der Waals surface area contributed by atoms with E-state index in [0.717, 1.165) is 29.0 Å². The highest BCUT2D eigenvalue weighted by Crippen LogP contribution is 2.28. The average molecular weight is 639 g/mol. The molecule has 3 aromatic carbocycles. The van der Waals surface area contributed by atoms with Gasteiger partial charge < -0.3 is 10.2 Å². The standard InChI is InChI=1S/C30H34Cl3N3O4S/c1-4-5-15-34-30(38)28(16-22-9-7-6-8-10-22)35(19-23-12-14-24(31)17-26(23)33)29(37)20-36(41(3,39)40)27-18-25(32)13-11-21(27)2/h6-14,17-18,28H,4-5,15-16,19-20H2,1-3H3,(H,34,38). The second-order valence-corrected chi connectivity index (χ2v) is 13.0. The highest BCUT2D eigenvalue weighted by molar-refractivity contribution is 7.92. The number of carbonyl (C=O) groups excluding carboxylic acids is 2. The molecule has 0 aliphatic rings. The van der Waals surface area contributed by atoms with Gasteiger partial charge in [-0.25, -0.2) is 8.42 Å². The lowest BCUT2D eigenvalue weighted by molar-refractivity contribution is -0.140. The number of anilines is 1. The Labute approximate surface area is 257 Å². The number of hydrogen-bond acceptors (Lipinski definition) is 4. The van der Waals surface area contributed by atoms with Crippen LogP contribution in [0.2, 0.25) is 15.1 Å². The summed E-state index contributed by atoms with van der Waals surface area (Å²) in [5.41, 5.74) is 2.31. The highest BCUT2D eigenvalue weighted by atomic mass is 35.5. The van der Waals surface area contributed by atoms with Gasteiger partial charge in [-0.3, -0.25) is 13.9 Å². The van der Waals surface area contributed by atoms with Crippen LogP contribution in [0.25, 0.3) is 0 Å². The summed E-state index contributed by atoms with van der Waals surface area (Å²) in [5, 5.41) is 4.02. The summed E-state index contributed by atoms with van der Waals surface area (Å²) in [6.07, 6.45) is 2.90. The van der Waals surface area contributed by atoms with Crippen molar-refractivity contribution in [3.05, 3.63) is 98.5 Å². The Morgan fingerprint density at radius 1 is 0.951 bits per heavy atom. The maximum Gasteiger partial charge on any atom is 0.244 e. The Morgan fingerprint density at radius 2 is 1.61 bits per heavy atom. The number of aryl methyl sites for hydroxylation is 1. The summed E-state index contributed by atoms with van der Waals surface area (Å²) in [5.74, 6) is -0.919. The van der Waals surface area contributed by atoms with E-state index in [-0.39, 0.29) is 24.6 Å². The van der Waals surface area contributed by atoms with Gasteiger partial charge in [0.25, 0.3) is 0 Å². The first-order valence-corrected chi connectivity index (χ1v) is 16.2. The summed E-state index contributed by atoms with van der Waals surface area (Å²) >= 11 is 18.8. The van der Waals surface area contributed by atoms with E-state index < -0.39 is 28.5 Å². The fourth-order valence-corrected chi connectivity index (χ4v) is 5.87. The monoisotopic (exact) mass is 637 g/mol. The Kier molecular flexibility index (Phi) is 11.9. The molecule has 220 valence electrons. The van der Waals surface area contributed by atoms with E-state index in [1.807, 2.05) is 37.3 Å². The van der Waals surface area contributed by atoms with Crippen molar-refractivity contribution in [1.29, 1.82) is 0 Å². The number of benzene rings is 3. The molecule has 3 aromatic rings. The van der Waals surface area contributed by atoms with Crippen LogP contribution in [-0.4, -0.2) is 50.5 Å². The molecule has 0 bridgehead atoms. The molecule has 1 atom stereocenters. The van der Waals surface area contributed by atoms with Crippen molar-refractivity contribution >= 4 is 62.3 Å². The second-order valence-electron chi connectivity index (χ2n) is 9.81. The van der Waals surface area contributed by atoms with E-state index in [1.165, 1.54) is 11.0 Å². The van der Waals surface area contributed by atoms with Crippen LogP contribution in [0.15, 0.2) is 66.7 Å². The lowest BCUT2D eigenvalue weighted by Gasteiger charge is -2.34. The van der Waals surface area contributed by atoms with Crippen molar-refractivity contribution in [2.24, 2.45) is 0 Å². The van der Waals surface area contributed by atoms with Crippen molar-refractivity contribution < 1.29 is 18.0 Å². The maximum atomic E-state index is 14.2. The Bertz CT molecular complexity index is 1470. The van der Waals surface area contributed by atoms with Crippen LogP contribution in [0.5, 0.6) is 0 Å². The van der Waals surface area contributed by atoms with Crippen LogP contribution in [0, 0.1) is 6.92 Å². The van der Waals surface area contributed by atoms with Gasteiger partial charge in [-0.1, -0.05) is 90.6 Å². The molecule has 0 spiro atoms. The minimum Gasteiger partial charge on any atom is -0.354 e. The number of amides is 2. The number of hydrogen-bond donors (Lipinski definition) is 1. The van der Waals surface area contributed by atoms with Gasteiger partial charge in [-0.2, -0.15) is 0 Å². The summed E-state index contributed by atoms with van der Waals surface area (Å²) in [4.78, 5) is 29.2. The van der Waals surface area contributed by atoms with Gasteiger partial charge >= 0.3 is 0 Å². The molecule has 0 heterocycles. The third-order valence-corrected chi connectivity index (χ3v) is 8.52. The van der Waals surface area contributed by atoms with Crippen LogP contribution in [0.3, 0.4) is 0 Å². The molecule has 7 nitrogen and oxygen atoms in total. The predicted octanol–water partition coefficient (Wildman–Crippen LogP) is 6.28. The SMILES string of the molecule is CCCCNC(=O)C(Cc1ccccc1)N(Cc1ccc(Cl)cc1Cl)C(=O)CN(c1cc(Cl)ccc1C)S(C)(=O)=O. The normalized spacial score (nSPS) is 12.0. The molecule has 0 aliphatic carbocycles. The first-order valence-electron chi connectivity index (χ1n) is 13.2. The number of nitrogens with one attached hydrogen (secondary N) is 1. The highest BCUT2D eigenvalue weighted by Gasteiger charge is 2.33. The molecular weight excluding hydrogens is 605 g/mol. The van der Waals surface area contributed by atoms with Crippen LogP contribution in [0.1, 0.15) is 36.5 Å². The molecule has 3 rings (SSSR count). The summed E-state index contributed by atoms with van der Waals surface area (Å²) in [6.45, 7) is 3.61. The third kappa shape index (κ3) is 9.36. The number of unbranched alkanes of at least 4 members (excludes halogenated alkanes) is 1. The van der Waals surface area contributed by atoms with Gasteiger partial charge in [0.15, 0.2) is 0 Å². The molecular formula is C30H34Cl3N3O4S. The smallest absolute Gasteiger partial charge is 0.244 e. The Hall–Kier alpha value is -2.78. The first-order chi connectivity index (χ1) is 19.4. The molecule has 11 heteroatoms. The predicted molar refractivity (Wildman–Crippen MR) is 167 cm³/mol. The van der Waals surface area contributed by atoms with Gasteiger partial charge in [0.2, 0.25) is 21.8 Å². The van der Waals surface area contributed by atoms with E-state index in [2.05, 4.69) is 5.32 Å². The summed E-state index contributed by atoms with van der Waals surface area (Å²) in [6, 6.07) is 18.1. The van der Waals surface area contributed by atoms with Crippen LogP contribution < -0.4 is 9.62 Å². The fourth-order valence-electron chi connectivity index (χ4n) is 4.34. The molecule has 41 heavy (non-hydrogen) atoms. The molecule has 0 saturated heterocycles. The lowest BCUT2D eigenvalue weighted by Crippen LogP contribution is -2.53. The molecule has 0 radical (unpaired) electrons. The fraction of sp³-hybridized carbons (Fsp3) is 0.333. The van der Waals surface area contributed by atoms with Crippen LogP contribution in [0.4, 0.5) is 5.69 Å². The number of halogens is 3. The van der Waals surface area contributed by atoms with Crippen molar-refractivity contribution in [3.8, 4) is 0 Å². The van der Waals surface area contributed by atoms with E-state index in [9.17, 15) is 18.0 Å². The van der Waals surface area contributed by atoms with Gasteiger partial charge in [0.1, 0.15) is 12.6 Å². The van der Waals surface area contributed by atoms with Crippen LogP contribution >= 0.6 is 34.8 Å². The quantitative estimate of drug-likeness (QED) is 0.223. The number of nitrogens with zero attached hydrogens (tertiary/aromatic N) is 2. The second kappa shape index (κ2) is 14.9. The Balaban J connectivity index is 2.09. The zero-order valence-corrected chi connectivity index (χ0v) is 26.3. The van der Waals surface area contributed by atoms with Crippen molar-refractivity contribution in [2.75, 3.05) is 23.7 Å².